The lowest BCUT2D eigenvalue weighted by Gasteiger charge is -2.15. The zero-order chi connectivity index (χ0) is 20.6. The maximum Gasteiger partial charge on any atom is 0.431 e. The summed E-state index contributed by atoms with van der Waals surface area (Å²) in [6.07, 6.45) is -3.55. The molecule has 0 saturated carbocycles. The Kier molecular flexibility index (Phi) is 5.22. The molecule has 0 saturated heterocycles. The monoisotopic (exact) mass is 411 g/mol. The Morgan fingerprint density at radius 1 is 1.25 bits per heavy atom. The Hall–Kier alpha value is -2.79. The average molecular weight is 412 g/mol. The van der Waals surface area contributed by atoms with Crippen molar-refractivity contribution in [3.8, 4) is 17.6 Å². The van der Waals surface area contributed by atoms with E-state index in [9.17, 15) is 17.6 Å². The molecule has 28 heavy (non-hydrogen) atoms. The molecule has 0 bridgehead atoms. The molecule has 0 spiro atoms. The minimum atomic E-state index is -4.72. The number of hydrogen-bond donors (Lipinski definition) is 0. The molecular formula is C19H14ClF4N3O. The first-order valence-corrected chi connectivity index (χ1v) is 8.60. The number of fused-ring (bicyclic) bond motifs is 1. The molecule has 146 valence electrons. The number of nitrogens with zero attached hydrogens (tertiary/aromatic N) is 3. The largest absolute Gasteiger partial charge is 0.476 e. The molecule has 3 aromatic rings. The van der Waals surface area contributed by atoms with E-state index in [2.05, 4.69) is 4.98 Å². The summed E-state index contributed by atoms with van der Waals surface area (Å²) in [6, 6.07) is 5.71. The summed E-state index contributed by atoms with van der Waals surface area (Å²) in [6.45, 7) is 4.19. The first-order chi connectivity index (χ1) is 13.1. The van der Waals surface area contributed by atoms with Crippen LogP contribution < -0.4 is 4.74 Å². The Balaban J connectivity index is 2.20. The van der Waals surface area contributed by atoms with Crippen LogP contribution in [0.2, 0.25) is 5.02 Å². The Morgan fingerprint density at radius 3 is 2.54 bits per heavy atom. The van der Waals surface area contributed by atoms with Crippen molar-refractivity contribution in [3.05, 3.63) is 52.6 Å². The Bertz CT molecular complexity index is 1080. The minimum absolute atomic E-state index is 0.00618. The van der Waals surface area contributed by atoms with Crippen molar-refractivity contribution >= 4 is 22.5 Å². The van der Waals surface area contributed by atoms with Gasteiger partial charge in [0, 0.05) is 5.39 Å². The molecule has 1 aromatic carbocycles. The summed E-state index contributed by atoms with van der Waals surface area (Å²) in [4.78, 5) is 4.00. The van der Waals surface area contributed by atoms with Gasteiger partial charge in [-0.05, 0) is 30.2 Å². The van der Waals surface area contributed by atoms with Gasteiger partial charge in [0.05, 0.1) is 29.6 Å². The molecule has 0 unspecified atom stereocenters. The third kappa shape index (κ3) is 3.76. The van der Waals surface area contributed by atoms with E-state index in [-0.39, 0.29) is 39.0 Å². The summed E-state index contributed by atoms with van der Waals surface area (Å²) < 4.78 is 61.1. The van der Waals surface area contributed by atoms with E-state index >= 15 is 0 Å². The lowest BCUT2D eigenvalue weighted by atomic mass is 10.1. The lowest BCUT2D eigenvalue weighted by molar-refractivity contribution is -0.142. The molecule has 2 aromatic heterocycles. The molecule has 0 fully saturated rings. The second kappa shape index (κ2) is 7.32. The molecular weight excluding hydrogens is 398 g/mol. The van der Waals surface area contributed by atoms with Crippen LogP contribution in [0.25, 0.3) is 16.6 Å². The summed E-state index contributed by atoms with van der Waals surface area (Å²) in [7, 11) is 0. The first kappa shape index (κ1) is 20.0. The van der Waals surface area contributed by atoms with Crippen molar-refractivity contribution in [2.75, 3.05) is 6.61 Å². The molecule has 0 amide bonds. The molecule has 0 aliphatic heterocycles. The quantitative estimate of drug-likeness (QED) is 0.514. The molecule has 0 N–H and O–H groups in total. The summed E-state index contributed by atoms with van der Waals surface area (Å²) in [5.41, 5.74) is -1.44. The van der Waals surface area contributed by atoms with E-state index in [0.29, 0.717) is 6.61 Å². The number of halogens is 5. The molecule has 0 atom stereocenters. The van der Waals surface area contributed by atoms with E-state index in [0.717, 1.165) is 22.8 Å². The number of alkyl halides is 3. The Morgan fingerprint density at radius 2 is 1.96 bits per heavy atom. The van der Waals surface area contributed by atoms with E-state index in [1.54, 1.807) is 6.07 Å². The highest BCUT2D eigenvalue weighted by molar-refractivity contribution is 6.32. The van der Waals surface area contributed by atoms with Gasteiger partial charge < -0.3 is 9.30 Å². The van der Waals surface area contributed by atoms with Gasteiger partial charge in [-0.15, -0.1) is 0 Å². The van der Waals surface area contributed by atoms with E-state index in [4.69, 9.17) is 21.6 Å². The number of ether oxygens (including phenoxy) is 1. The second-order valence-corrected chi connectivity index (χ2v) is 6.96. The van der Waals surface area contributed by atoms with E-state index < -0.39 is 17.7 Å². The van der Waals surface area contributed by atoms with Gasteiger partial charge in [0.25, 0.3) is 0 Å². The summed E-state index contributed by atoms with van der Waals surface area (Å²) in [5, 5.41) is 9.03. The number of nitriles is 1. The third-order valence-corrected chi connectivity index (χ3v) is 4.18. The molecule has 2 heterocycles. The number of benzene rings is 1. The summed E-state index contributed by atoms with van der Waals surface area (Å²) >= 11 is 6.13. The van der Waals surface area contributed by atoms with Crippen LogP contribution >= 0.6 is 11.6 Å². The van der Waals surface area contributed by atoms with Crippen LogP contribution in [0.1, 0.15) is 25.1 Å². The van der Waals surface area contributed by atoms with Crippen molar-refractivity contribution in [2.24, 2.45) is 5.92 Å². The van der Waals surface area contributed by atoms with E-state index in [1.807, 2.05) is 13.8 Å². The SMILES string of the molecule is CC(C)COc1ncc(-n2c(C(F)(F)F)cc3cc(C#N)c(F)cc32)cc1Cl. The van der Waals surface area contributed by atoms with Gasteiger partial charge in [-0.25, -0.2) is 9.37 Å². The van der Waals surface area contributed by atoms with Crippen LogP contribution in [0.4, 0.5) is 17.6 Å². The van der Waals surface area contributed by atoms with Gasteiger partial charge >= 0.3 is 6.18 Å². The number of rotatable bonds is 4. The van der Waals surface area contributed by atoms with Crippen LogP contribution in [0, 0.1) is 23.1 Å². The third-order valence-electron chi connectivity index (χ3n) is 3.91. The average Bonchev–Trinajstić information content (AvgIpc) is 2.98. The van der Waals surface area contributed by atoms with Crippen molar-refractivity contribution in [1.29, 1.82) is 5.26 Å². The fourth-order valence-corrected chi connectivity index (χ4v) is 2.91. The van der Waals surface area contributed by atoms with Crippen LogP contribution in [-0.4, -0.2) is 16.2 Å². The van der Waals surface area contributed by atoms with Gasteiger partial charge in [-0.2, -0.15) is 18.4 Å². The minimum Gasteiger partial charge on any atom is -0.476 e. The standard InChI is InChI=1S/C19H14ClF4N3O/c1-10(2)9-28-18-14(20)5-13(8-26-18)27-16-6-15(21)12(7-25)3-11(16)4-17(27)19(22,23)24/h3-6,8,10H,9H2,1-2H3. The van der Waals surface area contributed by atoms with Crippen molar-refractivity contribution in [2.45, 2.75) is 20.0 Å². The predicted octanol–water partition coefficient (Wildman–Crippen LogP) is 5.74. The van der Waals surface area contributed by atoms with Crippen molar-refractivity contribution in [1.82, 2.24) is 9.55 Å². The topological polar surface area (TPSA) is 50.8 Å². The van der Waals surface area contributed by atoms with Gasteiger partial charge in [0.1, 0.15) is 22.6 Å². The number of aromatic nitrogens is 2. The van der Waals surface area contributed by atoms with E-state index in [1.165, 1.54) is 12.3 Å². The number of pyridine rings is 1. The summed E-state index contributed by atoms with van der Waals surface area (Å²) in [5.74, 6) is -0.610. The first-order valence-electron chi connectivity index (χ1n) is 8.22. The molecule has 9 heteroatoms. The van der Waals surface area contributed by atoms with Gasteiger partial charge in [-0.3, -0.25) is 0 Å². The van der Waals surface area contributed by atoms with Gasteiger partial charge in [0.2, 0.25) is 5.88 Å². The molecule has 0 radical (unpaired) electrons. The molecule has 4 nitrogen and oxygen atoms in total. The normalized spacial score (nSPS) is 11.8. The van der Waals surface area contributed by atoms with Crippen LogP contribution in [0.15, 0.2) is 30.5 Å². The smallest absolute Gasteiger partial charge is 0.431 e. The zero-order valence-corrected chi connectivity index (χ0v) is 15.6. The highest BCUT2D eigenvalue weighted by atomic mass is 35.5. The maximum absolute atomic E-state index is 14.1. The van der Waals surface area contributed by atoms with Gasteiger partial charge in [-0.1, -0.05) is 25.4 Å². The number of hydrogen-bond acceptors (Lipinski definition) is 3. The van der Waals surface area contributed by atoms with Crippen LogP contribution in [-0.2, 0) is 6.18 Å². The predicted molar refractivity (Wildman–Crippen MR) is 96.1 cm³/mol. The molecule has 0 aliphatic rings. The fraction of sp³-hybridized carbons (Fsp3) is 0.263. The molecule has 0 aliphatic carbocycles. The maximum atomic E-state index is 14.1. The van der Waals surface area contributed by atoms with Crippen LogP contribution in [0.3, 0.4) is 0 Å². The second-order valence-electron chi connectivity index (χ2n) is 6.55. The lowest BCUT2D eigenvalue weighted by Crippen LogP contribution is -2.13. The fourth-order valence-electron chi connectivity index (χ4n) is 2.69. The van der Waals surface area contributed by atoms with Crippen molar-refractivity contribution < 1.29 is 22.3 Å². The highest BCUT2D eigenvalue weighted by Crippen LogP contribution is 2.38. The van der Waals surface area contributed by atoms with Gasteiger partial charge in [0.15, 0.2) is 0 Å². The zero-order valence-electron chi connectivity index (χ0n) is 14.8. The Labute approximate surface area is 162 Å². The van der Waals surface area contributed by atoms with Crippen LogP contribution in [0.5, 0.6) is 5.88 Å². The van der Waals surface area contributed by atoms with Crippen molar-refractivity contribution in [3.63, 3.8) is 0 Å². The molecule has 3 rings (SSSR count). The highest BCUT2D eigenvalue weighted by Gasteiger charge is 2.36.